The van der Waals surface area contributed by atoms with Gasteiger partial charge in [-0.3, -0.25) is 9.69 Å². The second-order valence-electron chi connectivity index (χ2n) is 8.98. The van der Waals surface area contributed by atoms with Gasteiger partial charge >= 0.3 is 0 Å². The van der Waals surface area contributed by atoms with E-state index in [2.05, 4.69) is 35.5 Å². The number of hydrogen-bond donors (Lipinski definition) is 2. The SMILES string of the molecule is CC1(C)CNC(=O)C2(CCN(Cc3ccc(-c4ccccc4C#N)o3)CC2)NC1. The zero-order valence-corrected chi connectivity index (χ0v) is 17.1. The zero-order chi connectivity index (χ0) is 20.5. The number of carbonyl (C=O) groups excluding carboxylic acids is 1. The van der Waals surface area contributed by atoms with Gasteiger partial charge in [-0.2, -0.15) is 5.26 Å². The van der Waals surface area contributed by atoms with Crippen LogP contribution in [0.3, 0.4) is 0 Å². The largest absolute Gasteiger partial charge is 0.460 e. The number of piperidine rings is 1. The van der Waals surface area contributed by atoms with Crippen LogP contribution in [0.5, 0.6) is 0 Å². The van der Waals surface area contributed by atoms with Gasteiger partial charge in [-0.1, -0.05) is 26.0 Å². The Morgan fingerprint density at radius 3 is 2.66 bits per heavy atom. The summed E-state index contributed by atoms with van der Waals surface area (Å²) in [5, 5.41) is 16.0. The maximum absolute atomic E-state index is 12.7. The van der Waals surface area contributed by atoms with E-state index in [1.165, 1.54) is 0 Å². The molecule has 6 nitrogen and oxygen atoms in total. The van der Waals surface area contributed by atoms with Gasteiger partial charge in [0.05, 0.1) is 18.2 Å². The van der Waals surface area contributed by atoms with Gasteiger partial charge in [-0.25, -0.2) is 0 Å². The highest BCUT2D eigenvalue weighted by atomic mass is 16.3. The molecule has 1 amide bonds. The fraction of sp³-hybridized carbons (Fsp3) is 0.478. The van der Waals surface area contributed by atoms with Crippen LogP contribution in [-0.4, -0.2) is 42.5 Å². The van der Waals surface area contributed by atoms with E-state index >= 15 is 0 Å². The fourth-order valence-corrected chi connectivity index (χ4v) is 4.16. The lowest BCUT2D eigenvalue weighted by Crippen LogP contribution is -2.60. The van der Waals surface area contributed by atoms with Crippen molar-refractivity contribution in [3.8, 4) is 17.4 Å². The Kier molecular flexibility index (Phi) is 5.20. The number of benzene rings is 1. The third kappa shape index (κ3) is 4.07. The smallest absolute Gasteiger partial charge is 0.240 e. The number of carbonyl (C=O) groups is 1. The van der Waals surface area contributed by atoms with Crippen LogP contribution in [-0.2, 0) is 11.3 Å². The van der Waals surface area contributed by atoms with E-state index in [4.69, 9.17) is 4.42 Å². The number of nitrogens with zero attached hydrogens (tertiary/aromatic N) is 2. The molecule has 1 aromatic heterocycles. The minimum atomic E-state index is -0.454. The molecular weight excluding hydrogens is 364 g/mol. The average Bonchev–Trinajstić information content (AvgIpc) is 3.16. The number of nitriles is 1. The maximum Gasteiger partial charge on any atom is 0.240 e. The fourth-order valence-electron chi connectivity index (χ4n) is 4.16. The molecule has 2 aliphatic rings. The van der Waals surface area contributed by atoms with E-state index in [-0.39, 0.29) is 11.3 Å². The van der Waals surface area contributed by atoms with Gasteiger partial charge in [-0.15, -0.1) is 0 Å². The number of furan rings is 1. The molecule has 2 N–H and O–H groups in total. The molecule has 0 radical (unpaired) electrons. The van der Waals surface area contributed by atoms with Crippen molar-refractivity contribution in [2.75, 3.05) is 26.2 Å². The first-order chi connectivity index (χ1) is 13.9. The predicted molar refractivity (Wildman–Crippen MR) is 111 cm³/mol. The highest BCUT2D eigenvalue weighted by Gasteiger charge is 2.44. The molecule has 2 aromatic rings. The van der Waals surface area contributed by atoms with Crippen molar-refractivity contribution in [1.29, 1.82) is 5.26 Å². The van der Waals surface area contributed by atoms with Crippen LogP contribution >= 0.6 is 0 Å². The summed E-state index contributed by atoms with van der Waals surface area (Å²) in [6, 6.07) is 13.6. The Hall–Kier alpha value is -2.62. The van der Waals surface area contributed by atoms with Gasteiger partial charge in [0.15, 0.2) is 0 Å². The Balaban J connectivity index is 1.40. The van der Waals surface area contributed by atoms with Crippen molar-refractivity contribution >= 4 is 5.91 Å². The molecule has 152 valence electrons. The van der Waals surface area contributed by atoms with Crippen molar-refractivity contribution in [2.45, 2.75) is 38.8 Å². The van der Waals surface area contributed by atoms with E-state index < -0.39 is 5.54 Å². The molecule has 0 aliphatic carbocycles. The zero-order valence-electron chi connectivity index (χ0n) is 17.1. The number of hydrogen-bond acceptors (Lipinski definition) is 5. The molecule has 6 heteroatoms. The molecule has 2 saturated heterocycles. The van der Waals surface area contributed by atoms with Crippen LogP contribution in [0.15, 0.2) is 40.8 Å². The normalized spacial score (nSPS) is 21.3. The van der Waals surface area contributed by atoms with E-state index in [0.717, 1.165) is 49.6 Å². The minimum Gasteiger partial charge on any atom is -0.460 e. The van der Waals surface area contributed by atoms with Gasteiger partial charge in [0, 0.05) is 31.7 Å². The first-order valence-corrected chi connectivity index (χ1v) is 10.2. The van der Waals surface area contributed by atoms with Gasteiger partial charge in [0.2, 0.25) is 5.91 Å². The lowest BCUT2D eigenvalue weighted by molar-refractivity contribution is -0.129. The highest BCUT2D eigenvalue weighted by Crippen LogP contribution is 2.30. The van der Waals surface area contributed by atoms with Crippen LogP contribution in [0, 0.1) is 16.7 Å². The quantitative estimate of drug-likeness (QED) is 0.839. The van der Waals surface area contributed by atoms with Crippen molar-refractivity contribution in [3.05, 3.63) is 47.7 Å². The summed E-state index contributed by atoms with van der Waals surface area (Å²) >= 11 is 0. The second kappa shape index (κ2) is 7.66. The molecular formula is C23H28N4O2. The summed E-state index contributed by atoms with van der Waals surface area (Å²) in [6.07, 6.45) is 1.58. The van der Waals surface area contributed by atoms with Crippen LogP contribution in [0.25, 0.3) is 11.3 Å². The van der Waals surface area contributed by atoms with Gasteiger partial charge in [0.1, 0.15) is 17.1 Å². The molecule has 3 heterocycles. The Bertz CT molecular complexity index is 932. The maximum atomic E-state index is 12.7. The number of nitrogens with one attached hydrogen (secondary N) is 2. The molecule has 4 rings (SSSR count). The lowest BCUT2D eigenvalue weighted by atomic mass is 9.86. The summed E-state index contributed by atoms with van der Waals surface area (Å²) in [7, 11) is 0. The summed E-state index contributed by atoms with van der Waals surface area (Å²) in [5.74, 6) is 1.73. The third-order valence-corrected chi connectivity index (χ3v) is 6.13. The first-order valence-electron chi connectivity index (χ1n) is 10.2. The number of likely N-dealkylation sites (tertiary alicyclic amines) is 1. The highest BCUT2D eigenvalue weighted by molar-refractivity contribution is 5.86. The van der Waals surface area contributed by atoms with E-state index in [9.17, 15) is 10.1 Å². The monoisotopic (exact) mass is 392 g/mol. The summed E-state index contributed by atoms with van der Waals surface area (Å²) < 4.78 is 6.03. The van der Waals surface area contributed by atoms with Crippen molar-refractivity contribution < 1.29 is 9.21 Å². The summed E-state index contributed by atoms with van der Waals surface area (Å²) in [4.78, 5) is 15.1. The molecule has 0 unspecified atom stereocenters. The third-order valence-electron chi connectivity index (χ3n) is 6.13. The van der Waals surface area contributed by atoms with E-state index in [1.807, 2.05) is 30.3 Å². The van der Waals surface area contributed by atoms with E-state index in [1.54, 1.807) is 6.07 Å². The predicted octanol–water partition coefficient (Wildman–Crippen LogP) is 2.90. The van der Waals surface area contributed by atoms with Gasteiger partial charge < -0.3 is 15.1 Å². The van der Waals surface area contributed by atoms with E-state index in [0.29, 0.717) is 18.7 Å². The van der Waals surface area contributed by atoms with Crippen molar-refractivity contribution in [3.63, 3.8) is 0 Å². The molecule has 0 bridgehead atoms. The molecule has 1 spiro atoms. The summed E-state index contributed by atoms with van der Waals surface area (Å²) in [6.45, 7) is 8.28. The van der Waals surface area contributed by atoms with Crippen molar-refractivity contribution in [1.82, 2.24) is 15.5 Å². The Morgan fingerprint density at radius 2 is 1.90 bits per heavy atom. The Morgan fingerprint density at radius 1 is 1.14 bits per heavy atom. The summed E-state index contributed by atoms with van der Waals surface area (Å²) in [5.41, 5.74) is 1.05. The molecule has 0 saturated carbocycles. The van der Waals surface area contributed by atoms with Crippen LogP contribution in [0.4, 0.5) is 0 Å². The molecule has 1 aromatic carbocycles. The number of amides is 1. The standard InChI is InChI=1S/C23H28N4O2/c1-22(2)15-25-21(28)23(26-16-22)9-11-27(12-10-23)14-18-7-8-20(29-18)19-6-4-3-5-17(19)13-24/h3-8,26H,9-12,14-16H2,1-2H3,(H,25,28). The molecule has 0 atom stereocenters. The molecule has 2 fully saturated rings. The van der Waals surface area contributed by atoms with Gasteiger partial charge in [0.25, 0.3) is 0 Å². The minimum absolute atomic E-state index is 0.0700. The van der Waals surface area contributed by atoms with Crippen LogP contribution in [0.2, 0.25) is 0 Å². The topological polar surface area (TPSA) is 81.3 Å². The molecule has 29 heavy (non-hydrogen) atoms. The number of rotatable bonds is 3. The van der Waals surface area contributed by atoms with Gasteiger partial charge in [-0.05, 0) is 42.5 Å². The Labute approximate surface area is 171 Å². The lowest BCUT2D eigenvalue weighted by Gasteiger charge is -2.40. The molecule has 2 aliphatic heterocycles. The van der Waals surface area contributed by atoms with Crippen LogP contribution in [0.1, 0.15) is 38.0 Å². The first kappa shape index (κ1) is 19.7. The average molecular weight is 393 g/mol. The van der Waals surface area contributed by atoms with Crippen LogP contribution < -0.4 is 10.6 Å². The second-order valence-corrected chi connectivity index (χ2v) is 8.98. The van der Waals surface area contributed by atoms with Crippen molar-refractivity contribution in [2.24, 2.45) is 5.41 Å².